The summed E-state index contributed by atoms with van der Waals surface area (Å²) in [6, 6.07) is 6.90. The molecule has 2 fully saturated rings. The molecule has 0 bridgehead atoms. The van der Waals surface area contributed by atoms with Crippen molar-refractivity contribution < 1.29 is 9.47 Å². The van der Waals surface area contributed by atoms with Crippen LogP contribution in [0.2, 0.25) is 0 Å². The first-order chi connectivity index (χ1) is 11.7. The van der Waals surface area contributed by atoms with E-state index in [1.165, 1.54) is 38.5 Å². The minimum absolute atomic E-state index is 0.414. The Labute approximate surface area is 146 Å². The van der Waals surface area contributed by atoms with E-state index in [4.69, 9.17) is 9.47 Å². The molecule has 0 amide bonds. The van der Waals surface area contributed by atoms with Gasteiger partial charge in [-0.25, -0.2) is 0 Å². The average Bonchev–Trinajstić information content (AvgIpc) is 2.95. The highest BCUT2D eigenvalue weighted by atomic mass is 16.5. The molecular formula is C22H32O2. The van der Waals surface area contributed by atoms with Crippen molar-refractivity contribution in [3.05, 3.63) is 29.3 Å². The number of rotatable bonds is 4. The molecule has 5 atom stereocenters. The van der Waals surface area contributed by atoms with Crippen molar-refractivity contribution in [2.45, 2.75) is 70.8 Å². The second-order valence-corrected chi connectivity index (χ2v) is 8.47. The highest BCUT2D eigenvalue weighted by Gasteiger charge is 2.54. The molecule has 0 aromatic heterocycles. The fourth-order valence-corrected chi connectivity index (χ4v) is 6.21. The second-order valence-electron chi connectivity index (χ2n) is 8.47. The Kier molecular flexibility index (Phi) is 4.36. The number of aryl methyl sites for hydroxylation is 1. The molecule has 1 aromatic rings. The molecule has 4 rings (SSSR count). The van der Waals surface area contributed by atoms with Crippen LogP contribution in [0.4, 0.5) is 0 Å². The quantitative estimate of drug-likeness (QED) is 0.742. The molecule has 0 aliphatic heterocycles. The third-order valence-corrected chi connectivity index (χ3v) is 7.37. The highest BCUT2D eigenvalue weighted by molar-refractivity contribution is 5.40. The van der Waals surface area contributed by atoms with E-state index in [0.717, 1.165) is 36.5 Å². The summed E-state index contributed by atoms with van der Waals surface area (Å²) in [6.45, 7) is 5.49. The zero-order chi connectivity index (χ0) is 16.7. The minimum atomic E-state index is 0.414. The van der Waals surface area contributed by atoms with Crippen molar-refractivity contribution in [1.29, 1.82) is 0 Å². The van der Waals surface area contributed by atoms with Crippen LogP contribution in [0.25, 0.3) is 0 Å². The molecular weight excluding hydrogens is 296 g/mol. The largest absolute Gasteiger partial charge is 0.494 e. The molecule has 2 nitrogen and oxygen atoms in total. The SMILES string of the molecule is CCCOc1ccc2c(c1)CC[C@@H]1[C@@H]2CC[C@@]2(C)[C@@H](OC)CC[C@@H]12. The monoisotopic (exact) mass is 328 g/mol. The number of hydrogen-bond acceptors (Lipinski definition) is 2. The van der Waals surface area contributed by atoms with Crippen molar-refractivity contribution in [2.75, 3.05) is 13.7 Å². The van der Waals surface area contributed by atoms with Gasteiger partial charge >= 0.3 is 0 Å². The lowest BCUT2D eigenvalue weighted by molar-refractivity contribution is -0.0444. The summed E-state index contributed by atoms with van der Waals surface area (Å²) < 4.78 is 11.7. The summed E-state index contributed by atoms with van der Waals surface area (Å²) >= 11 is 0. The predicted molar refractivity (Wildman–Crippen MR) is 97.6 cm³/mol. The third-order valence-electron chi connectivity index (χ3n) is 7.37. The fourth-order valence-electron chi connectivity index (χ4n) is 6.21. The number of fused-ring (bicyclic) bond motifs is 5. The first kappa shape index (κ1) is 16.4. The Morgan fingerprint density at radius 2 is 2.04 bits per heavy atom. The smallest absolute Gasteiger partial charge is 0.119 e. The molecule has 0 heterocycles. The van der Waals surface area contributed by atoms with Crippen molar-refractivity contribution in [2.24, 2.45) is 17.3 Å². The lowest BCUT2D eigenvalue weighted by Crippen LogP contribution is -2.44. The van der Waals surface area contributed by atoms with Gasteiger partial charge in [-0.05, 0) is 91.4 Å². The molecule has 0 radical (unpaired) electrons. The Balaban J connectivity index is 1.58. The van der Waals surface area contributed by atoms with Gasteiger partial charge in [0.05, 0.1) is 12.7 Å². The predicted octanol–water partition coefficient (Wildman–Crippen LogP) is 5.35. The Hall–Kier alpha value is -1.02. The van der Waals surface area contributed by atoms with Gasteiger partial charge in [0.2, 0.25) is 0 Å². The van der Waals surface area contributed by atoms with Crippen molar-refractivity contribution >= 4 is 0 Å². The number of methoxy groups -OCH3 is 1. The van der Waals surface area contributed by atoms with Crippen molar-refractivity contribution in [1.82, 2.24) is 0 Å². The third kappa shape index (κ3) is 2.49. The van der Waals surface area contributed by atoms with E-state index in [1.807, 2.05) is 7.11 Å². The van der Waals surface area contributed by atoms with E-state index in [-0.39, 0.29) is 0 Å². The van der Waals surface area contributed by atoms with Crippen LogP contribution in [0.3, 0.4) is 0 Å². The molecule has 0 spiro atoms. The Morgan fingerprint density at radius 1 is 1.17 bits per heavy atom. The van der Waals surface area contributed by atoms with Crippen LogP contribution in [0.15, 0.2) is 18.2 Å². The van der Waals surface area contributed by atoms with E-state index in [2.05, 4.69) is 32.0 Å². The van der Waals surface area contributed by atoms with Gasteiger partial charge in [0.25, 0.3) is 0 Å². The minimum Gasteiger partial charge on any atom is -0.494 e. The first-order valence-corrected chi connectivity index (χ1v) is 9.95. The number of ether oxygens (including phenoxy) is 2. The van der Waals surface area contributed by atoms with Crippen LogP contribution in [-0.2, 0) is 11.2 Å². The van der Waals surface area contributed by atoms with Gasteiger partial charge in [-0.15, -0.1) is 0 Å². The second kappa shape index (κ2) is 6.37. The summed E-state index contributed by atoms with van der Waals surface area (Å²) in [5, 5.41) is 0. The molecule has 2 saturated carbocycles. The summed E-state index contributed by atoms with van der Waals surface area (Å²) in [4.78, 5) is 0. The molecule has 132 valence electrons. The van der Waals surface area contributed by atoms with Gasteiger partial charge in [0.15, 0.2) is 0 Å². The van der Waals surface area contributed by atoms with Crippen molar-refractivity contribution in [3.8, 4) is 5.75 Å². The summed E-state index contributed by atoms with van der Waals surface area (Å²) in [7, 11) is 1.92. The molecule has 1 aromatic carbocycles. The molecule has 0 N–H and O–H groups in total. The lowest BCUT2D eigenvalue weighted by atomic mass is 9.55. The first-order valence-electron chi connectivity index (χ1n) is 9.95. The van der Waals surface area contributed by atoms with Gasteiger partial charge in [-0.1, -0.05) is 19.9 Å². The highest BCUT2D eigenvalue weighted by Crippen LogP contribution is 2.61. The molecule has 2 heteroatoms. The van der Waals surface area contributed by atoms with Gasteiger partial charge in [-0.2, -0.15) is 0 Å². The maximum atomic E-state index is 5.87. The van der Waals surface area contributed by atoms with Gasteiger partial charge < -0.3 is 9.47 Å². The van der Waals surface area contributed by atoms with Crippen LogP contribution in [0, 0.1) is 17.3 Å². The van der Waals surface area contributed by atoms with Crippen LogP contribution in [0.1, 0.15) is 69.4 Å². The molecule has 0 saturated heterocycles. The maximum Gasteiger partial charge on any atom is 0.119 e. The van der Waals surface area contributed by atoms with Crippen molar-refractivity contribution in [3.63, 3.8) is 0 Å². The standard InChI is InChI=1S/C22H32O2/c1-4-13-24-16-6-8-17-15(14-16)5-7-19-18(17)11-12-22(2)20(19)9-10-21(22)23-3/h6,8,14,18-21H,4-5,7,9-13H2,1-3H3/t18-,19-,20+,21+,22-/m1/s1. The van der Waals surface area contributed by atoms with E-state index >= 15 is 0 Å². The Morgan fingerprint density at radius 3 is 2.83 bits per heavy atom. The van der Waals surface area contributed by atoms with Gasteiger partial charge in [-0.3, -0.25) is 0 Å². The number of hydrogen-bond donors (Lipinski definition) is 0. The molecule has 3 aliphatic carbocycles. The number of benzene rings is 1. The zero-order valence-electron chi connectivity index (χ0n) is 15.5. The van der Waals surface area contributed by atoms with Gasteiger partial charge in [0, 0.05) is 7.11 Å². The normalized spacial score (nSPS) is 37.5. The van der Waals surface area contributed by atoms with Crippen LogP contribution < -0.4 is 4.74 Å². The van der Waals surface area contributed by atoms with Crippen LogP contribution in [-0.4, -0.2) is 19.8 Å². The molecule has 24 heavy (non-hydrogen) atoms. The molecule has 3 aliphatic rings. The summed E-state index contributed by atoms with van der Waals surface area (Å²) in [5.41, 5.74) is 3.59. The van der Waals surface area contributed by atoms with E-state index in [0.29, 0.717) is 11.5 Å². The summed E-state index contributed by atoms with van der Waals surface area (Å²) in [6.07, 6.45) is 9.42. The van der Waals surface area contributed by atoms with E-state index < -0.39 is 0 Å². The fraction of sp³-hybridized carbons (Fsp3) is 0.727. The van der Waals surface area contributed by atoms with E-state index in [1.54, 1.807) is 11.1 Å². The molecule has 0 unspecified atom stereocenters. The Bertz CT molecular complexity index is 596. The lowest BCUT2D eigenvalue weighted by Gasteiger charge is -2.50. The van der Waals surface area contributed by atoms with Gasteiger partial charge in [0.1, 0.15) is 5.75 Å². The maximum absolute atomic E-state index is 5.87. The van der Waals surface area contributed by atoms with Crippen LogP contribution in [0.5, 0.6) is 5.75 Å². The topological polar surface area (TPSA) is 18.5 Å². The summed E-state index contributed by atoms with van der Waals surface area (Å²) in [5.74, 6) is 3.54. The van der Waals surface area contributed by atoms with Crippen LogP contribution >= 0.6 is 0 Å². The zero-order valence-corrected chi connectivity index (χ0v) is 15.5. The average molecular weight is 328 g/mol. The van der Waals surface area contributed by atoms with E-state index in [9.17, 15) is 0 Å².